The maximum absolute atomic E-state index is 13.1. The van der Waals surface area contributed by atoms with Crippen molar-refractivity contribution in [3.63, 3.8) is 0 Å². The Morgan fingerprint density at radius 1 is 1.04 bits per heavy atom. The lowest BCUT2D eigenvalue weighted by atomic mass is 10.2. The Morgan fingerprint density at radius 2 is 1.79 bits per heavy atom. The fraction of sp³-hybridized carbons (Fsp3) is 0.409. The lowest BCUT2D eigenvalue weighted by Gasteiger charge is -2.22. The second-order valence-corrected chi connectivity index (χ2v) is 7.88. The molecule has 3 rings (SSSR count). The van der Waals surface area contributed by atoms with E-state index in [2.05, 4.69) is 4.90 Å². The zero-order chi connectivity index (χ0) is 19.8. The van der Waals surface area contributed by atoms with Crippen molar-refractivity contribution in [1.82, 2.24) is 9.80 Å². The first-order chi connectivity index (χ1) is 13.6. The number of hydrogen-bond acceptors (Lipinski definition) is 4. The number of hydrogen-bond donors (Lipinski definition) is 0. The molecule has 28 heavy (non-hydrogen) atoms. The summed E-state index contributed by atoms with van der Waals surface area (Å²) in [6.07, 6.45) is 0.959. The quantitative estimate of drug-likeness (QED) is 0.654. The first-order valence-electron chi connectivity index (χ1n) is 9.74. The molecule has 150 valence electrons. The zero-order valence-corrected chi connectivity index (χ0v) is 17.1. The van der Waals surface area contributed by atoms with Crippen molar-refractivity contribution in [2.75, 3.05) is 38.5 Å². The molecule has 1 aliphatic heterocycles. The molecular formula is C22H27FN2O2S. The second-order valence-electron chi connectivity index (χ2n) is 6.83. The van der Waals surface area contributed by atoms with Crippen LogP contribution in [-0.4, -0.2) is 54.2 Å². The summed E-state index contributed by atoms with van der Waals surface area (Å²) in [6, 6.07) is 14.5. The van der Waals surface area contributed by atoms with Gasteiger partial charge in [0.15, 0.2) is 0 Å². The number of halogens is 1. The van der Waals surface area contributed by atoms with Gasteiger partial charge in [-0.05, 0) is 55.3 Å². The van der Waals surface area contributed by atoms with Gasteiger partial charge in [-0.15, -0.1) is 11.8 Å². The largest absolute Gasteiger partial charge is 0.494 e. The number of rotatable bonds is 7. The fourth-order valence-corrected chi connectivity index (χ4v) is 4.06. The molecule has 1 saturated heterocycles. The third-order valence-electron chi connectivity index (χ3n) is 4.76. The van der Waals surface area contributed by atoms with Crippen molar-refractivity contribution in [3.8, 4) is 5.75 Å². The van der Waals surface area contributed by atoms with Crippen LogP contribution in [0, 0.1) is 5.82 Å². The van der Waals surface area contributed by atoms with Crippen molar-refractivity contribution in [3.05, 3.63) is 59.9 Å². The highest BCUT2D eigenvalue weighted by Crippen LogP contribution is 2.22. The Labute approximate surface area is 170 Å². The van der Waals surface area contributed by atoms with Crippen LogP contribution in [-0.2, 0) is 11.3 Å². The van der Waals surface area contributed by atoms with Crippen molar-refractivity contribution < 1.29 is 13.9 Å². The van der Waals surface area contributed by atoms with Gasteiger partial charge in [0.25, 0.3) is 0 Å². The van der Waals surface area contributed by atoms with E-state index in [1.165, 1.54) is 12.1 Å². The van der Waals surface area contributed by atoms with Crippen LogP contribution in [0.1, 0.15) is 18.9 Å². The summed E-state index contributed by atoms with van der Waals surface area (Å²) in [4.78, 5) is 18.0. The number of nitrogens with zero attached hydrogens (tertiary/aromatic N) is 2. The van der Waals surface area contributed by atoms with Crippen LogP contribution in [0.2, 0.25) is 0 Å². The average Bonchev–Trinajstić information content (AvgIpc) is 2.95. The number of thioether (sulfide) groups is 1. The van der Waals surface area contributed by atoms with Crippen LogP contribution in [0.5, 0.6) is 5.75 Å². The zero-order valence-electron chi connectivity index (χ0n) is 16.3. The SMILES string of the molecule is CCOc1ccc(SCC(=O)N2CCCN(Cc3ccc(F)cc3)CC2)cc1. The molecule has 2 aromatic rings. The van der Waals surface area contributed by atoms with Gasteiger partial charge in [0.1, 0.15) is 11.6 Å². The molecule has 1 fully saturated rings. The maximum Gasteiger partial charge on any atom is 0.232 e. The summed E-state index contributed by atoms with van der Waals surface area (Å²) in [5.74, 6) is 1.28. The number of carbonyl (C=O) groups excluding carboxylic acids is 1. The summed E-state index contributed by atoms with van der Waals surface area (Å²) < 4.78 is 18.5. The van der Waals surface area contributed by atoms with E-state index in [-0.39, 0.29) is 11.7 Å². The highest BCUT2D eigenvalue weighted by molar-refractivity contribution is 8.00. The smallest absolute Gasteiger partial charge is 0.232 e. The molecule has 0 aromatic heterocycles. The standard InChI is InChI=1S/C22H27FN2O2S/c1-2-27-20-8-10-21(11-9-20)28-17-22(26)25-13-3-12-24(14-15-25)16-18-4-6-19(23)7-5-18/h4-11H,2-3,12-17H2,1H3. The minimum atomic E-state index is -0.207. The maximum atomic E-state index is 13.1. The molecule has 0 atom stereocenters. The molecule has 0 spiro atoms. The Kier molecular flexibility index (Phi) is 7.74. The molecule has 2 aromatic carbocycles. The lowest BCUT2D eigenvalue weighted by molar-refractivity contribution is -0.128. The van der Waals surface area contributed by atoms with Crippen LogP contribution in [0.15, 0.2) is 53.4 Å². The highest BCUT2D eigenvalue weighted by Gasteiger charge is 2.19. The van der Waals surface area contributed by atoms with Crippen LogP contribution in [0.3, 0.4) is 0 Å². The van der Waals surface area contributed by atoms with E-state index >= 15 is 0 Å². The molecule has 1 heterocycles. The highest BCUT2D eigenvalue weighted by atomic mass is 32.2. The molecule has 0 saturated carbocycles. The van der Waals surface area contributed by atoms with Crippen molar-refractivity contribution in [1.29, 1.82) is 0 Å². The predicted octanol–water partition coefficient (Wildman–Crippen LogP) is 4.05. The third kappa shape index (κ3) is 6.24. The van der Waals surface area contributed by atoms with Crippen molar-refractivity contribution in [2.24, 2.45) is 0 Å². The summed E-state index contributed by atoms with van der Waals surface area (Å²) in [5.41, 5.74) is 1.10. The summed E-state index contributed by atoms with van der Waals surface area (Å²) in [6.45, 7) is 6.74. The lowest BCUT2D eigenvalue weighted by Crippen LogP contribution is -2.36. The van der Waals surface area contributed by atoms with E-state index in [4.69, 9.17) is 4.74 Å². The molecule has 0 bridgehead atoms. The summed E-state index contributed by atoms with van der Waals surface area (Å²) in [5, 5.41) is 0. The van der Waals surface area contributed by atoms with E-state index in [0.29, 0.717) is 12.4 Å². The monoisotopic (exact) mass is 402 g/mol. The van der Waals surface area contributed by atoms with E-state index < -0.39 is 0 Å². The summed E-state index contributed by atoms with van der Waals surface area (Å²) in [7, 11) is 0. The number of benzene rings is 2. The molecule has 1 aliphatic rings. The molecule has 0 unspecified atom stereocenters. The van der Waals surface area contributed by atoms with Crippen LogP contribution >= 0.6 is 11.8 Å². The molecular weight excluding hydrogens is 375 g/mol. The predicted molar refractivity (Wildman–Crippen MR) is 111 cm³/mol. The van der Waals surface area contributed by atoms with E-state index in [0.717, 1.165) is 55.4 Å². The third-order valence-corrected chi connectivity index (χ3v) is 5.75. The van der Waals surface area contributed by atoms with Gasteiger partial charge in [0.05, 0.1) is 12.4 Å². The topological polar surface area (TPSA) is 32.8 Å². The van der Waals surface area contributed by atoms with Gasteiger partial charge in [-0.3, -0.25) is 9.69 Å². The molecule has 4 nitrogen and oxygen atoms in total. The average molecular weight is 403 g/mol. The van der Waals surface area contributed by atoms with Crippen molar-refractivity contribution >= 4 is 17.7 Å². The first-order valence-corrected chi connectivity index (χ1v) is 10.7. The first kappa shape index (κ1) is 20.7. The van der Waals surface area contributed by atoms with Gasteiger partial charge in [0.2, 0.25) is 5.91 Å². The van der Waals surface area contributed by atoms with Gasteiger partial charge in [0, 0.05) is 37.6 Å². The Morgan fingerprint density at radius 3 is 2.50 bits per heavy atom. The number of ether oxygens (including phenoxy) is 1. The van der Waals surface area contributed by atoms with Crippen molar-refractivity contribution in [2.45, 2.75) is 24.8 Å². The minimum absolute atomic E-state index is 0.183. The molecule has 0 N–H and O–H groups in total. The Balaban J connectivity index is 1.45. The molecule has 6 heteroatoms. The fourth-order valence-electron chi connectivity index (χ4n) is 3.26. The molecule has 0 radical (unpaired) electrons. The second kappa shape index (κ2) is 10.5. The van der Waals surface area contributed by atoms with Gasteiger partial charge < -0.3 is 9.64 Å². The normalized spacial score (nSPS) is 15.3. The van der Waals surface area contributed by atoms with Crippen LogP contribution in [0.4, 0.5) is 4.39 Å². The Hall–Kier alpha value is -2.05. The van der Waals surface area contributed by atoms with Crippen LogP contribution < -0.4 is 4.74 Å². The number of amides is 1. The van der Waals surface area contributed by atoms with Gasteiger partial charge in [-0.2, -0.15) is 0 Å². The van der Waals surface area contributed by atoms with Crippen LogP contribution in [0.25, 0.3) is 0 Å². The summed E-state index contributed by atoms with van der Waals surface area (Å²) >= 11 is 1.56. The molecule has 0 aliphatic carbocycles. The van der Waals surface area contributed by atoms with Gasteiger partial charge in [-0.1, -0.05) is 12.1 Å². The van der Waals surface area contributed by atoms with Gasteiger partial charge >= 0.3 is 0 Å². The van der Waals surface area contributed by atoms with E-state index in [1.54, 1.807) is 11.8 Å². The van der Waals surface area contributed by atoms with E-state index in [1.807, 2.05) is 48.2 Å². The molecule has 1 amide bonds. The minimum Gasteiger partial charge on any atom is -0.494 e. The number of carbonyl (C=O) groups is 1. The van der Waals surface area contributed by atoms with Gasteiger partial charge in [-0.25, -0.2) is 4.39 Å². The van der Waals surface area contributed by atoms with E-state index in [9.17, 15) is 9.18 Å². The Bertz CT molecular complexity index is 752.